The third-order valence-corrected chi connectivity index (χ3v) is 8.66. The minimum atomic E-state index is -1.77. The third-order valence-electron chi connectivity index (χ3n) is 6.29. The van der Waals surface area contributed by atoms with Crippen LogP contribution < -0.4 is 0 Å². The van der Waals surface area contributed by atoms with E-state index < -0.39 is 20.0 Å². The van der Waals surface area contributed by atoms with Crippen molar-refractivity contribution in [2.75, 3.05) is 0 Å². The van der Waals surface area contributed by atoms with E-state index in [2.05, 4.69) is 65.8 Å². The SMILES string of the molecule is CC(C)(C)c1ccc2c(-c3c(S(=O)Cl)ccc4cc(C(C)(C)C)ccc34)c(S(=O)Cl)ccc2c1. The van der Waals surface area contributed by atoms with E-state index in [1.807, 2.05) is 24.3 Å². The molecule has 0 bridgehead atoms. The molecule has 0 spiro atoms. The van der Waals surface area contributed by atoms with Gasteiger partial charge in [0.25, 0.3) is 0 Å². The summed E-state index contributed by atoms with van der Waals surface area (Å²) >= 11 is 0. The first-order valence-corrected chi connectivity index (χ1v) is 15.0. The molecule has 4 aromatic rings. The second-order valence-corrected chi connectivity index (χ2v) is 14.2. The van der Waals surface area contributed by atoms with Gasteiger partial charge >= 0.3 is 0 Å². The second kappa shape index (κ2) is 9.05. The fourth-order valence-electron chi connectivity index (χ4n) is 4.34. The molecule has 4 aromatic carbocycles. The molecule has 0 saturated heterocycles. The maximum atomic E-state index is 12.7. The van der Waals surface area contributed by atoms with Crippen molar-refractivity contribution in [1.82, 2.24) is 0 Å². The fourth-order valence-corrected chi connectivity index (χ4v) is 6.20. The Hall–Kier alpha value is -1.72. The number of fused-ring (bicyclic) bond motifs is 2. The molecule has 34 heavy (non-hydrogen) atoms. The molecule has 0 radical (unpaired) electrons. The van der Waals surface area contributed by atoms with Crippen LogP contribution in [-0.2, 0) is 30.9 Å². The minimum Gasteiger partial charge on any atom is -0.237 e. The van der Waals surface area contributed by atoms with E-state index in [1.165, 1.54) is 11.1 Å². The first-order valence-electron chi connectivity index (χ1n) is 11.1. The van der Waals surface area contributed by atoms with E-state index in [1.54, 1.807) is 12.1 Å². The highest BCUT2D eigenvalue weighted by Crippen LogP contribution is 2.43. The van der Waals surface area contributed by atoms with Crippen LogP contribution in [0.25, 0.3) is 32.7 Å². The molecular formula is C28H28Cl2O2S2. The Balaban J connectivity index is 2.17. The zero-order chi connectivity index (χ0) is 25.0. The van der Waals surface area contributed by atoms with Crippen molar-refractivity contribution in [2.45, 2.75) is 62.2 Å². The maximum absolute atomic E-state index is 12.7. The number of hydrogen-bond donors (Lipinski definition) is 0. The lowest BCUT2D eigenvalue weighted by atomic mass is 9.83. The summed E-state index contributed by atoms with van der Waals surface area (Å²) in [7, 11) is 8.84. The van der Waals surface area contributed by atoms with Crippen molar-refractivity contribution in [3.63, 3.8) is 0 Å². The van der Waals surface area contributed by atoms with Crippen LogP contribution in [0.2, 0.25) is 0 Å². The van der Waals surface area contributed by atoms with Gasteiger partial charge in [-0.15, -0.1) is 0 Å². The lowest BCUT2D eigenvalue weighted by Crippen LogP contribution is -2.11. The van der Waals surface area contributed by atoms with Crippen LogP contribution in [0.1, 0.15) is 52.7 Å². The van der Waals surface area contributed by atoms with E-state index in [0.717, 1.165) is 21.5 Å². The van der Waals surface area contributed by atoms with E-state index in [0.29, 0.717) is 20.9 Å². The van der Waals surface area contributed by atoms with Gasteiger partial charge in [0, 0.05) is 11.1 Å². The average Bonchev–Trinajstić information content (AvgIpc) is 2.75. The Morgan fingerprint density at radius 3 is 1.21 bits per heavy atom. The molecule has 0 fully saturated rings. The van der Waals surface area contributed by atoms with Crippen molar-refractivity contribution in [3.05, 3.63) is 71.8 Å². The lowest BCUT2D eigenvalue weighted by molar-refractivity contribution is 0.591. The number of halogens is 2. The first-order chi connectivity index (χ1) is 15.8. The van der Waals surface area contributed by atoms with Crippen molar-refractivity contribution >= 4 is 62.9 Å². The highest BCUT2D eigenvalue weighted by Gasteiger charge is 2.23. The van der Waals surface area contributed by atoms with Crippen molar-refractivity contribution in [3.8, 4) is 11.1 Å². The maximum Gasteiger partial charge on any atom is 0.148 e. The summed E-state index contributed by atoms with van der Waals surface area (Å²) in [6, 6.07) is 20.1. The van der Waals surface area contributed by atoms with Crippen LogP contribution in [-0.4, -0.2) is 8.42 Å². The molecular weight excluding hydrogens is 503 g/mol. The highest BCUT2D eigenvalue weighted by molar-refractivity contribution is 8.08. The predicted octanol–water partition coefficient (Wildman–Crippen LogP) is 8.78. The van der Waals surface area contributed by atoms with Gasteiger partial charge < -0.3 is 0 Å². The molecule has 0 heterocycles. The number of hydrogen-bond acceptors (Lipinski definition) is 2. The minimum absolute atomic E-state index is 0.0199. The average molecular weight is 532 g/mol. The van der Waals surface area contributed by atoms with E-state index >= 15 is 0 Å². The molecule has 6 heteroatoms. The van der Waals surface area contributed by atoms with Crippen LogP contribution in [0.5, 0.6) is 0 Å². The molecule has 0 aliphatic rings. The summed E-state index contributed by atoms with van der Waals surface area (Å²) in [5.74, 6) is 0. The highest BCUT2D eigenvalue weighted by atomic mass is 35.7. The summed E-state index contributed by atoms with van der Waals surface area (Å²) < 4.78 is 25.4. The standard InChI is InChI=1S/C28H28Cl2O2S2/c1-27(2,3)19-9-11-21-17(15-19)7-13-23(33(29)31)25(21)26-22-12-10-20(28(4,5)6)16-18(22)8-14-24(26)34(30)32/h7-16H,1-6H3. The summed E-state index contributed by atoms with van der Waals surface area (Å²) in [6.07, 6.45) is 0. The number of rotatable bonds is 3. The van der Waals surface area contributed by atoms with Crippen LogP contribution in [0.15, 0.2) is 70.5 Å². The zero-order valence-electron chi connectivity index (χ0n) is 20.2. The van der Waals surface area contributed by atoms with Crippen molar-refractivity contribution in [2.24, 2.45) is 0 Å². The van der Waals surface area contributed by atoms with Crippen LogP contribution in [0, 0.1) is 0 Å². The van der Waals surface area contributed by atoms with Gasteiger partial charge in [0.15, 0.2) is 0 Å². The van der Waals surface area contributed by atoms with E-state index in [4.69, 9.17) is 21.4 Å². The smallest absolute Gasteiger partial charge is 0.148 e. The monoisotopic (exact) mass is 530 g/mol. The summed E-state index contributed by atoms with van der Waals surface area (Å²) in [4.78, 5) is 0.960. The van der Waals surface area contributed by atoms with Gasteiger partial charge in [-0.1, -0.05) is 90.1 Å². The Labute approximate surface area is 215 Å². The molecule has 2 nitrogen and oxygen atoms in total. The molecule has 178 valence electrons. The van der Waals surface area contributed by atoms with E-state index in [9.17, 15) is 8.42 Å². The Morgan fingerprint density at radius 1 is 0.559 bits per heavy atom. The lowest BCUT2D eigenvalue weighted by Gasteiger charge is -2.22. The molecule has 0 amide bonds. The molecule has 2 unspecified atom stereocenters. The van der Waals surface area contributed by atoms with Crippen LogP contribution in [0.4, 0.5) is 0 Å². The van der Waals surface area contributed by atoms with Crippen LogP contribution in [0.3, 0.4) is 0 Å². The van der Waals surface area contributed by atoms with Crippen LogP contribution >= 0.6 is 21.4 Å². The second-order valence-electron chi connectivity index (χ2n) is 10.7. The molecule has 4 rings (SSSR count). The van der Waals surface area contributed by atoms with Gasteiger partial charge in [-0.3, -0.25) is 0 Å². The first kappa shape index (κ1) is 25.4. The van der Waals surface area contributed by atoms with Gasteiger partial charge in [-0.05, 0) is 77.0 Å². The third kappa shape index (κ3) is 4.70. The normalized spacial score (nSPS) is 14.5. The summed E-state index contributed by atoms with van der Waals surface area (Å²) in [5, 5.41) is 3.80. The van der Waals surface area contributed by atoms with Gasteiger partial charge in [0.05, 0.1) is 9.79 Å². The quantitative estimate of drug-likeness (QED) is 0.248. The molecule has 0 N–H and O–H groups in total. The molecule has 2 atom stereocenters. The van der Waals surface area contributed by atoms with Gasteiger partial charge in [0.2, 0.25) is 0 Å². The van der Waals surface area contributed by atoms with Gasteiger partial charge in [-0.25, -0.2) is 8.42 Å². The topological polar surface area (TPSA) is 34.1 Å². The van der Waals surface area contributed by atoms with Gasteiger partial charge in [-0.2, -0.15) is 0 Å². The molecule has 0 aliphatic carbocycles. The fraction of sp³-hybridized carbons (Fsp3) is 0.286. The Kier molecular flexibility index (Phi) is 6.76. The van der Waals surface area contributed by atoms with Crippen molar-refractivity contribution < 1.29 is 8.42 Å². The Bertz CT molecular complexity index is 1370. The van der Waals surface area contributed by atoms with Crippen molar-refractivity contribution in [1.29, 1.82) is 0 Å². The van der Waals surface area contributed by atoms with E-state index in [-0.39, 0.29) is 10.8 Å². The summed E-state index contributed by atoms with van der Waals surface area (Å²) in [6.45, 7) is 13.0. The predicted molar refractivity (Wildman–Crippen MR) is 149 cm³/mol. The molecule has 0 saturated carbocycles. The zero-order valence-corrected chi connectivity index (χ0v) is 23.3. The Morgan fingerprint density at radius 2 is 0.912 bits per heavy atom. The molecule has 0 aliphatic heterocycles. The summed E-state index contributed by atoms with van der Waals surface area (Å²) in [5.41, 5.74) is 3.77. The largest absolute Gasteiger partial charge is 0.237 e. The number of benzene rings is 4. The van der Waals surface area contributed by atoms with Gasteiger partial charge in [0.1, 0.15) is 20.0 Å². The molecule has 0 aromatic heterocycles.